The Morgan fingerprint density at radius 3 is 2.53 bits per heavy atom. The van der Waals surface area contributed by atoms with Crippen molar-refractivity contribution in [2.24, 2.45) is 13.0 Å². The summed E-state index contributed by atoms with van der Waals surface area (Å²) in [6.45, 7) is 5.75. The molecule has 0 radical (unpaired) electrons. The van der Waals surface area contributed by atoms with Crippen molar-refractivity contribution in [2.45, 2.75) is 45.1 Å². The van der Waals surface area contributed by atoms with Crippen LogP contribution in [0.4, 0.5) is 0 Å². The number of rotatable bonds is 5. The summed E-state index contributed by atoms with van der Waals surface area (Å²) in [5.74, 6) is 1.51. The van der Waals surface area contributed by atoms with Crippen LogP contribution in [0, 0.1) is 12.8 Å². The number of pyridine rings is 1. The van der Waals surface area contributed by atoms with Crippen molar-refractivity contribution in [1.29, 1.82) is 0 Å². The predicted octanol–water partition coefficient (Wildman–Crippen LogP) is 3.95. The van der Waals surface area contributed by atoms with Crippen LogP contribution in [0.1, 0.15) is 37.2 Å². The minimum absolute atomic E-state index is 0.175. The van der Waals surface area contributed by atoms with Gasteiger partial charge in [0.2, 0.25) is 0 Å². The van der Waals surface area contributed by atoms with E-state index in [1.165, 1.54) is 0 Å². The molecule has 0 unspecified atom stereocenters. The molecule has 168 valence electrons. The fourth-order valence-corrected chi connectivity index (χ4v) is 5.24. The van der Waals surface area contributed by atoms with Gasteiger partial charge in [0, 0.05) is 61.4 Å². The number of morpholine rings is 1. The molecule has 2 aromatic heterocycles. The van der Waals surface area contributed by atoms with Crippen molar-refractivity contribution in [1.82, 2.24) is 19.4 Å². The summed E-state index contributed by atoms with van der Waals surface area (Å²) in [6.07, 6.45) is 8.47. The smallest absolute Gasteiger partial charge is 0.141 e. The Labute approximate surface area is 189 Å². The molecular formula is C26H32N4O2. The summed E-state index contributed by atoms with van der Waals surface area (Å²) in [5.41, 5.74) is 3.09. The van der Waals surface area contributed by atoms with Gasteiger partial charge in [0.25, 0.3) is 0 Å². The number of aromatic nitrogens is 3. The molecule has 1 aliphatic heterocycles. The van der Waals surface area contributed by atoms with E-state index in [0.717, 1.165) is 85.5 Å². The highest BCUT2D eigenvalue weighted by atomic mass is 16.5. The van der Waals surface area contributed by atoms with Gasteiger partial charge in [0.15, 0.2) is 0 Å². The van der Waals surface area contributed by atoms with Gasteiger partial charge in [-0.2, -0.15) is 0 Å². The SMILES string of the molecule is Cc1ncc(-c2ccc3cnc(CC(=O)C4CCC(N5CCOCC5)CC4)cc3c2)n1C. The van der Waals surface area contributed by atoms with Crippen LogP contribution in [-0.2, 0) is 23.0 Å². The van der Waals surface area contributed by atoms with E-state index in [-0.39, 0.29) is 5.92 Å². The molecule has 3 heterocycles. The lowest BCUT2D eigenvalue weighted by molar-refractivity contribution is -0.123. The first-order valence-corrected chi connectivity index (χ1v) is 11.8. The number of carbonyl (C=O) groups excluding carboxylic acids is 1. The molecule has 1 aromatic carbocycles. The average molecular weight is 433 g/mol. The predicted molar refractivity (Wildman–Crippen MR) is 126 cm³/mol. The third kappa shape index (κ3) is 4.34. The van der Waals surface area contributed by atoms with Gasteiger partial charge < -0.3 is 9.30 Å². The van der Waals surface area contributed by atoms with E-state index in [9.17, 15) is 4.79 Å². The van der Waals surface area contributed by atoms with E-state index < -0.39 is 0 Å². The van der Waals surface area contributed by atoms with Gasteiger partial charge in [-0.05, 0) is 50.1 Å². The highest BCUT2D eigenvalue weighted by molar-refractivity contribution is 5.88. The Bertz CT molecular complexity index is 1110. The summed E-state index contributed by atoms with van der Waals surface area (Å²) in [5, 5.41) is 2.21. The zero-order valence-electron chi connectivity index (χ0n) is 19.1. The molecule has 0 bridgehead atoms. The molecule has 0 spiro atoms. The number of ether oxygens (including phenoxy) is 1. The van der Waals surface area contributed by atoms with E-state index in [1.54, 1.807) is 0 Å². The van der Waals surface area contributed by atoms with Crippen LogP contribution in [0.5, 0.6) is 0 Å². The molecule has 1 saturated carbocycles. The minimum Gasteiger partial charge on any atom is -0.379 e. The lowest BCUT2D eigenvalue weighted by Gasteiger charge is -2.38. The van der Waals surface area contributed by atoms with Gasteiger partial charge >= 0.3 is 0 Å². The first-order valence-electron chi connectivity index (χ1n) is 11.8. The van der Waals surface area contributed by atoms with Crippen molar-refractivity contribution in [2.75, 3.05) is 26.3 Å². The van der Waals surface area contributed by atoms with Gasteiger partial charge in [-0.15, -0.1) is 0 Å². The summed E-state index contributed by atoms with van der Waals surface area (Å²) in [6, 6.07) is 9.08. The summed E-state index contributed by atoms with van der Waals surface area (Å²) >= 11 is 0. The zero-order valence-corrected chi connectivity index (χ0v) is 19.1. The summed E-state index contributed by atoms with van der Waals surface area (Å²) in [4.78, 5) is 24.6. The standard InChI is InChI=1S/C26H32N4O2/c1-18-27-17-25(29(18)2)20-3-4-21-16-28-23(14-22(21)13-20)15-26(31)19-5-7-24(8-6-19)30-9-11-32-12-10-30/h3-4,13-14,16-17,19,24H,5-12,15H2,1-2H3. The maximum absolute atomic E-state index is 13.0. The van der Waals surface area contributed by atoms with E-state index in [4.69, 9.17) is 4.74 Å². The van der Waals surface area contributed by atoms with Crippen LogP contribution in [-0.4, -0.2) is 57.6 Å². The Kier molecular flexibility index (Phi) is 6.07. The fraction of sp³-hybridized carbons (Fsp3) is 0.500. The first kappa shape index (κ1) is 21.3. The van der Waals surface area contributed by atoms with Crippen LogP contribution in [0.15, 0.2) is 36.7 Å². The van der Waals surface area contributed by atoms with Crippen LogP contribution < -0.4 is 0 Å². The highest BCUT2D eigenvalue weighted by Gasteiger charge is 2.30. The number of aryl methyl sites for hydroxylation is 1. The molecule has 2 aliphatic rings. The summed E-state index contributed by atoms with van der Waals surface area (Å²) in [7, 11) is 2.03. The summed E-state index contributed by atoms with van der Waals surface area (Å²) < 4.78 is 7.58. The molecule has 5 rings (SSSR count). The van der Waals surface area contributed by atoms with Gasteiger partial charge in [-0.25, -0.2) is 4.98 Å². The number of hydrogen-bond acceptors (Lipinski definition) is 5. The maximum Gasteiger partial charge on any atom is 0.141 e. The van der Waals surface area contributed by atoms with Crippen LogP contribution in [0.2, 0.25) is 0 Å². The normalized spacial score (nSPS) is 22.3. The third-order valence-electron chi connectivity index (χ3n) is 7.36. The third-order valence-corrected chi connectivity index (χ3v) is 7.36. The van der Waals surface area contributed by atoms with Gasteiger partial charge in [-0.3, -0.25) is 14.7 Å². The molecule has 0 N–H and O–H groups in total. The van der Waals surface area contributed by atoms with Crippen LogP contribution in [0.25, 0.3) is 22.0 Å². The number of Topliss-reactive ketones (excluding diaryl/α,β-unsaturated/α-hetero) is 1. The molecule has 1 saturated heterocycles. The monoisotopic (exact) mass is 432 g/mol. The number of nitrogens with zero attached hydrogens (tertiary/aromatic N) is 4. The highest BCUT2D eigenvalue weighted by Crippen LogP contribution is 2.30. The van der Waals surface area contributed by atoms with E-state index in [1.807, 2.05) is 26.4 Å². The largest absolute Gasteiger partial charge is 0.379 e. The number of carbonyl (C=O) groups is 1. The maximum atomic E-state index is 13.0. The van der Waals surface area contributed by atoms with Gasteiger partial charge in [0.1, 0.15) is 11.6 Å². The second kappa shape index (κ2) is 9.12. The zero-order chi connectivity index (χ0) is 22.1. The molecule has 6 heteroatoms. The van der Waals surface area contributed by atoms with Crippen molar-refractivity contribution < 1.29 is 9.53 Å². The van der Waals surface area contributed by atoms with Crippen LogP contribution >= 0.6 is 0 Å². The number of fused-ring (bicyclic) bond motifs is 1. The number of ketones is 1. The van der Waals surface area contributed by atoms with Crippen molar-refractivity contribution in [3.8, 4) is 11.3 Å². The molecule has 0 amide bonds. The second-order valence-electron chi connectivity index (χ2n) is 9.28. The molecule has 2 fully saturated rings. The lowest BCUT2D eigenvalue weighted by Crippen LogP contribution is -2.45. The number of hydrogen-bond donors (Lipinski definition) is 0. The van der Waals surface area contributed by atoms with Gasteiger partial charge in [-0.1, -0.05) is 12.1 Å². The van der Waals surface area contributed by atoms with Crippen molar-refractivity contribution in [3.63, 3.8) is 0 Å². The Morgan fingerprint density at radius 1 is 1.03 bits per heavy atom. The number of imidazole rings is 1. The molecule has 1 aliphatic carbocycles. The Hall–Kier alpha value is -2.57. The molecule has 32 heavy (non-hydrogen) atoms. The molecule has 3 aromatic rings. The minimum atomic E-state index is 0.175. The fourth-order valence-electron chi connectivity index (χ4n) is 5.24. The molecule has 6 nitrogen and oxygen atoms in total. The van der Waals surface area contributed by atoms with Crippen molar-refractivity contribution in [3.05, 3.63) is 48.2 Å². The number of benzene rings is 1. The molecule has 0 atom stereocenters. The lowest BCUT2D eigenvalue weighted by atomic mass is 9.81. The molecular weight excluding hydrogens is 400 g/mol. The van der Waals surface area contributed by atoms with E-state index in [2.05, 4.69) is 43.7 Å². The Balaban J connectivity index is 1.25. The Morgan fingerprint density at radius 2 is 1.81 bits per heavy atom. The average Bonchev–Trinajstić information content (AvgIpc) is 3.17. The topological polar surface area (TPSA) is 60.3 Å². The quantitative estimate of drug-likeness (QED) is 0.611. The van der Waals surface area contributed by atoms with Crippen molar-refractivity contribution >= 4 is 16.6 Å². The van der Waals surface area contributed by atoms with E-state index in [0.29, 0.717) is 18.2 Å². The second-order valence-corrected chi connectivity index (χ2v) is 9.28. The van der Waals surface area contributed by atoms with Crippen LogP contribution in [0.3, 0.4) is 0 Å². The van der Waals surface area contributed by atoms with E-state index >= 15 is 0 Å². The first-order chi connectivity index (χ1) is 15.6. The van der Waals surface area contributed by atoms with Gasteiger partial charge in [0.05, 0.1) is 25.1 Å².